The van der Waals surface area contributed by atoms with E-state index in [1.807, 2.05) is 30.3 Å². The lowest BCUT2D eigenvalue weighted by Crippen LogP contribution is -1.97. The van der Waals surface area contributed by atoms with Crippen LogP contribution in [-0.2, 0) is 0 Å². The fraction of sp³-hybridized carbons (Fsp3) is 0.480. The standard InChI is InChI=1S/C25H34N2O/c1-2-3-4-5-6-7-8-9-10-13-20-28-22-18-16-21(17-19-22)25-26-23-14-11-12-15-24(23)27-25/h11-12,14-19H,2-10,13,20H2,1H3,(H,26,27). The van der Waals surface area contributed by atoms with Gasteiger partial charge >= 0.3 is 0 Å². The molecular weight excluding hydrogens is 344 g/mol. The molecule has 0 spiro atoms. The van der Waals surface area contributed by atoms with Gasteiger partial charge in [-0.15, -0.1) is 0 Å². The molecule has 2 aromatic carbocycles. The molecule has 0 aliphatic heterocycles. The number of aromatic nitrogens is 2. The number of hydrogen-bond acceptors (Lipinski definition) is 2. The Hall–Kier alpha value is -2.29. The summed E-state index contributed by atoms with van der Waals surface area (Å²) in [5, 5.41) is 0. The van der Waals surface area contributed by atoms with Gasteiger partial charge in [0, 0.05) is 5.56 Å². The Kier molecular flexibility index (Phi) is 8.42. The number of H-pyrrole nitrogens is 1. The van der Waals surface area contributed by atoms with Crippen molar-refractivity contribution in [3.8, 4) is 17.1 Å². The van der Waals surface area contributed by atoms with E-state index in [0.29, 0.717) is 0 Å². The van der Waals surface area contributed by atoms with Gasteiger partial charge in [-0.2, -0.15) is 0 Å². The van der Waals surface area contributed by atoms with E-state index in [9.17, 15) is 0 Å². The van der Waals surface area contributed by atoms with Gasteiger partial charge < -0.3 is 9.72 Å². The molecule has 3 aromatic rings. The largest absolute Gasteiger partial charge is 0.494 e. The Balaban J connectivity index is 1.31. The third-order valence-electron chi connectivity index (χ3n) is 5.28. The van der Waals surface area contributed by atoms with Crippen molar-refractivity contribution in [3.63, 3.8) is 0 Å². The summed E-state index contributed by atoms with van der Waals surface area (Å²) in [7, 11) is 0. The van der Waals surface area contributed by atoms with Crippen LogP contribution in [0.2, 0.25) is 0 Å². The lowest BCUT2D eigenvalue weighted by molar-refractivity contribution is 0.304. The van der Waals surface area contributed by atoms with Crippen molar-refractivity contribution in [3.05, 3.63) is 48.5 Å². The average Bonchev–Trinajstić information content (AvgIpc) is 3.17. The minimum Gasteiger partial charge on any atom is -0.494 e. The third-order valence-corrected chi connectivity index (χ3v) is 5.28. The highest BCUT2D eigenvalue weighted by Gasteiger charge is 2.05. The Labute approximate surface area is 169 Å². The van der Waals surface area contributed by atoms with Gasteiger partial charge in [0.2, 0.25) is 0 Å². The molecule has 0 bridgehead atoms. The number of rotatable bonds is 13. The summed E-state index contributed by atoms with van der Waals surface area (Å²) in [5.41, 5.74) is 3.15. The van der Waals surface area contributed by atoms with Gasteiger partial charge in [0.15, 0.2) is 0 Å². The normalized spacial score (nSPS) is 11.2. The van der Waals surface area contributed by atoms with Crippen LogP contribution in [0, 0.1) is 0 Å². The van der Waals surface area contributed by atoms with Crippen LogP contribution in [0.5, 0.6) is 5.75 Å². The Morgan fingerprint density at radius 1 is 0.750 bits per heavy atom. The molecule has 0 amide bonds. The smallest absolute Gasteiger partial charge is 0.138 e. The molecule has 3 heteroatoms. The highest BCUT2D eigenvalue weighted by molar-refractivity contribution is 5.79. The first-order valence-electron chi connectivity index (χ1n) is 11.0. The van der Waals surface area contributed by atoms with Crippen molar-refractivity contribution in [2.75, 3.05) is 6.61 Å². The van der Waals surface area contributed by atoms with E-state index >= 15 is 0 Å². The zero-order valence-corrected chi connectivity index (χ0v) is 17.3. The van der Waals surface area contributed by atoms with Gasteiger partial charge in [0.25, 0.3) is 0 Å². The molecule has 0 radical (unpaired) electrons. The molecule has 0 saturated carbocycles. The van der Waals surface area contributed by atoms with Crippen molar-refractivity contribution in [2.24, 2.45) is 0 Å². The fourth-order valence-corrected chi connectivity index (χ4v) is 3.58. The van der Waals surface area contributed by atoms with Crippen molar-refractivity contribution >= 4 is 11.0 Å². The number of aromatic amines is 1. The maximum Gasteiger partial charge on any atom is 0.138 e. The summed E-state index contributed by atoms with van der Waals surface area (Å²) in [4.78, 5) is 8.02. The molecule has 0 fully saturated rings. The average molecular weight is 379 g/mol. The zero-order chi connectivity index (χ0) is 19.4. The van der Waals surface area contributed by atoms with E-state index in [1.54, 1.807) is 0 Å². The quantitative estimate of drug-likeness (QED) is 0.312. The lowest BCUT2D eigenvalue weighted by Gasteiger charge is -2.07. The van der Waals surface area contributed by atoms with Crippen molar-refractivity contribution in [1.29, 1.82) is 0 Å². The van der Waals surface area contributed by atoms with Crippen LogP contribution in [0.3, 0.4) is 0 Å². The number of unbranched alkanes of at least 4 members (excludes halogenated alkanes) is 9. The van der Waals surface area contributed by atoms with E-state index in [2.05, 4.69) is 35.1 Å². The fourth-order valence-electron chi connectivity index (χ4n) is 3.58. The lowest BCUT2D eigenvalue weighted by atomic mass is 10.1. The SMILES string of the molecule is CCCCCCCCCCCCOc1ccc(-c2nc3ccccc3[nH]2)cc1. The van der Waals surface area contributed by atoms with Crippen LogP contribution in [-0.4, -0.2) is 16.6 Å². The Bertz CT molecular complexity index is 774. The number of benzene rings is 2. The highest BCUT2D eigenvalue weighted by atomic mass is 16.5. The van der Waals surface area contributed by atoms with Crippen LogP contribution in [0.1, 0.15) is 71.1 Å². The maximum atomic E-state index is 5.90. The predicted octanol–water partition coefficient (Wildman–Crippen LogP) is 7.53. The van der Waals surface area contributed by atoms with Crippen LogP contribution < -0.4 is 4.74 Å². The molecule has 1 N–H and O–H groups in total. The molecule has 1 heterocycles. The van der Waals surface area contributed by atoms with Gasteiger partial charge in [-0.3, -0.25) is 0 Å². The number of fused-ring (bicyclic) bond motifs is 1. The van der Waals surface area contributed by atoms with E-state index in [4.69, 9.17) is 4.74 Å². The number of nitrogens with zero attached hydrogens (tertiary/aromatic N) is 1. The Morgan fingerprint density at radius 3 is 2.07 bits per heavy atom. The second kappa shape index (κ2) is 11.5. The monoisotopic (exact) mass is 378 g/mol. The summed E-state index contributed by atoms with van der Waals surface area (Å²) in [5.74, 6) is 1.85. The van der Waals surface area contributed by atoms with E-state index in [-0.39, 0.29) is 0 Å². The molecular formula is C25H34N2O. The second-order valence-corrected chi connectivity index (χ2v) is 7.66. The molecule has 28 heavy (non-hydrogen) atoms. The first-order valence-corrected chi connectivity index (χ1v) is 11.0. The van der Waals surface area contributed by atoms with E-state index < -0.39 is 0 Å². The first-order chi connectivity index (χ1) is 13.9. The zero-order valence-electron chi connectivity index (χ0n) is 17.3. The van der Waals surface area contributed by atoms with Gasteiger partial charge in [-0.05, 0) is 42.8 Å². The number of para-hydroxylation sites is 2. The van der Waals surface area contributed by atoms with Crippen LogP contribution >= 0.6 is 0 Å². The summed E-state index contributed by atoms with van der Waals surface area (Å²) in [6, 6.07) is 16.3. The molecule has 1 aromatic heterocycles. The van der Waals surface area contributed by atoms with Crippen LogP contribution in [0.15, 0.2) is 48.5 Å². The Morgan fingerprint density at radius 2 is 1.39 bits per heavy atom. The molecule has 3 nitrogen and oxygen atoms in total. The molecule has 0 atom stereocenters. The summed E-state index contributed by atoms with van der Waals surface area (Å²) < 4.78 is 5.90. The van der Waals surface area contributed by atoms with Gasteiger partial charge in [-0.25, -0.2) is 4.98 Å². The minimum absolute atomic E-state index is 0.806. The summed E-state index contributed by atoms with van der Waals surface area (Å²) in [6.45, 7) is 3.08. The molecule has 3 rings (SSSR count). The molecule has 0 aliphatic carbocycles. The number of ether oxygens (including phenoxy) is 1. The topological polar surface area (TPSA) is 37.9 Å². The third kappa shape index (κ3) is 6.40. The molecule has 0 aliphatic rings. The maximum absolute atomic E-state index is 5.90. The second-order valence-electron chi connectivity index (χ2n) is 7.66. The van der Waals surface area contributed by atoms with Gasteiger partial charge in [0.1, 0.15) is 11.6 Å². The summed E-state index contributed by atoms with van der Waals surface area (Å²) in [6.07, 6.45) is 13.5. The van der Waals surface area contributed by atoms with Crippen molar-refractivity contribution in [1.82, 2.24) is 9.97 Å². The van der Waals surface area contributed by atoms with Crippen molar-refractivity contribution in [2.45, 2.75) is 71.1 Å². The van der Waals surface area contributed by atoms with Gasteiger partial charge in [0.05, 0.1) is 17.6 Å². The van der Waals surface area contributed by atoms with Crippen molar-refractivity contribution < 1.29 is 4.74 Å². The minimum atomic E-state index is 0.806. The first kappa shape index (κ1) is 20.4. The highest BCUT2D eigenvalue weighted by Crippen LogP contribution is 2.23. The number of nitrogens with one attached hydrogen (secondary N) is 1. The predicted molar refractivity (Wildman–Crippen MR) is 119 cm³/mol. The van der Waals surface area contributed by atoms with Crippen LogP contribution in [0.25, 0.3) is 22.4 Å². The number of hydrogen-bond donors (Lipinski definition) is 1. The molecule has 150 valence electrons. The summed E-state index contributed by atoms with van der Waals surface area (Å²) >= 11 is 0. The number of imidazole rings is 1. The molecule has 0 saturated heterocycles. The van der Waals surface area contributed by atoms with E-state index in [0.717, 1.165) is 41.2 Å². The van der Waals surface area contributed by atoms with Crippen LogP contribution in [0.4, 0.5) is 0 Å². The van der Waals surface area contributed by atoms with Gasteiger partial charge in [-0.1, -0.05) is 76.8 Å². The van der Waals surface area contributed by atoms with E-state index in [1.165, 1.54) is 57.8 Å². The molecule has 0 unspecified atom stereocenters.